The second kappa shape index (κ2) is 6.62. The topological polar surface area (TPSA) is 33.8 Å². The molecule has 0 radical (unpaired) electrons. The number of rotatable bonds is 5. The first-order valence-corrected chi connectivity index (χ1v) is 6.17. The van der Waals surface area contributed by atoms with E-state index in [4.69, 9.17) is 16.4 Å². The van der Waals surface area contributed by atoms with Gasteiger partial charge in [0.1, 0.15) is 5.75 Å². The highest BCUT2D eigenvalue weighted by molar-refractivity contribution is 5.56. The standard InChI is InChI=1S/C14H16F3NO2/c1-9(19)4-5-10(2)20-11-6-7-13(18-3)12(8-11)14(15,16)17/h6-10,19H,4-5H2,1-2H3. The van der Waals surface area contributed by atoms with Crippen molar-refractivity contribution in [2.45, 2.75) is 45.1 Å². The summed E-state index contributed by atoms with van der Waals surface area (Å²) >= 11 is 0. The Morgan fingerprint density at radius 1 is 1.30 bits per heavy atom. The minimum atomic E-state index is -4.58. The average molecular weight is 287 g/mol. The predicted molar refractivity (Wildman–Crippen MR) is 68.7 cm³/mol. The van der Waals surface area contributed by atoms with Crippen LogP contribution in [0, 0.1) is 6.57 Å². The van der Waals surface area contributed by atoms with Crippen LogP contribution in [0.15, 0.2) is 18.2 Å². The van der Waals surface area contributed by atoms with Crippen LogP contribution in [0.3, 0.4) is 0 Å². The third-order valence-electron chi connectivity index (χ3n) is 2.72. The monoisotopic (exact) mass is 287 g/mol. The van der Waals surface area contributed by atoms with Crippen LogP contribution in [0.4, 0.5) is 18.9 Å². The smallest absolute Gasteiger partial charge is 0.407 e. The summed E-state index contributed by atoms with van der Waals surface area (Å²) in [7, 11) is 0. The number of ether oxygens (including phenoxy) is 1. The van der Waals surface area contributed by atoms with Crippen molar-refractivity contribution in [1.29, 1.82) is 0 Å². The zero-order chi connectivity index (χ0) is 15.3. The van der Waals surface area contributed by atoms with Gasteiger partial charge < -0.3 is 9.84 Å². The quantitative estimate of drug-likeness (QED) is 0.824. The van der Waals surface area contributed by atoms with Gasteiger partial charge in [0.15, 0.2) is 5.69 Å². The lowest BCUT2D eigenvalue weighted by atomic mass is 10.1. The van der Waals surface area contributed by atoms with Gasteiger partial charge in [0.25, 0.3) is 0 Å². The van der Waals surface area contributed by atoms with Gasteiger partial charge in [-0.25, -0.2) is 4.85 Å². The molecular weight excluding hydrogens is 271 g/mol. The van der Waals surface area contributed by atoms with Crippen molar-refractivity contribution in [3.05, 3.63) is 35.2 Å². The molecule has 3 nitrogen and oxygen atoms in total. The van der Waals surface area contributed by atoms with E-state index in [0.29, 0.717) is 12.8 Å². The normalized spacial score (nSPS) is 14.4. The highest BCUT2D eigenvalue weighted by Gasteiger charge is 2.33. The van der Waals surface area contributed by atoms with Crippen LogP contribution < -0.4 is 4.74 Å². The Labute approximate surface area is 115 Å². The van der Waals surface area contributed by atoms with Crippen molar-refractivity contribution in [3.63, 3.8) is 0 Å². The maximum absolute atomic E-state index is 12.8. The molecule has 1 rings (SSSR count). The molecule has 0 saturated heterocycles. The fraction of sp³-hybridized carbons (Fsp3) is 0.500. The van der Waals surface area contributed by atoms with E-state index in [1.54, 1.807) is 13.8 Å². The molecule has 0 saturated carbocycles. The molecule has 0 amide bonds. The Bertz CT molecular complexity index is 492. The third kappa shape index (κ3) is 4.74. The van der Waals surface area contributed by atoms with E-state index in [1.807, 2.05) is 0 Å². The molecule has 110 valence electrons. The van der Waals surface area contributed by atoms with E-state index in [0.717, 1.165) is 12.1 Å². The van der Waals surface area contributed by atoms with E-state index in [2.05, 4.69) is 4.85 Å². The first kappa shape index (κ1) is 16.3. The number of alkyl halides is 3. The van der Waals surface area contributed by atoms with Gasteiger partial charge in [-0.3, -0.25) is 0 Å². The summed E-state index contributed by atoms with van der Waals surface area (Å²) < 4.78 is 43.7. The number of halogens is 3. The Morgan fingerprint density at radius 2 is 1.95 bits per heavy atom. The second-order valence-electron chi connectivity index (χ2n) is 4.64. The SMILES string of the molecule is [C-]#[N+]c1ccc(OC(C)CCC(C)O)cc1C(F)(F)F. The Hall–Kier alpha value is -1.74. The Balaban J connectivity index is 2.85. The predicted octanol–water partition coefficient (Wildman–Crippen LogP) is 4.18. The number of hydrogen-bond acceptors (Lipinski definition) is 2. The minimum Gasteiger partial charge on any atom is -0.491 e. The van der Waals surface area contributed by atoms with Crippen molar-refractivity contribution in [2.24, 2.45) is 0 Å². The summed E-state index contributed by atoms with van der Waals surface area (Å²) in [6, 6.07) is 3.29. The number of hydrogen-bond donors (Lipinski definition) is 1. The highest BCUT2D eigenvalue weighted by atomic mass is 19.4. The van der Waals surface area contributed by atoms with E-state index < -0.39 is 23.5 Å². The molecule has 0 aliphatic rings. The summed E-state index contributed by atoms with van der Waals surface area (Å²) in [5, 5.41) is 9.15. The summed E-state index contributed by atoms with van der Waals surface area (Å²) in [6.45, 7) is 10.1. The molecule has 1 aromatic carbocycles. The molecule has 0 fully saturated rings. The lowest BCUT2D eigenvalue weighted by molar-refractivity contribution is -0.137. The Kier molecular flexibility index (Phi) is 5.40. The molecule has 0 aliphatic heterocycles. The molecule has 20 heavy (non-hydrogen) atoms. The van der Waals surface area contributed by atoms with Crippen LogP contribution in [0.5, 0.6) is 5.75 Å². The van der Waals surface area contributed by atoms with E-state index in [9.17, 15) is 13.2 Å². The number of nitrogens with zero attached hydrogens (tertiary/aromatic N) is 1. The zero-order valence-corrected chi connectivity index (χ0v) is 11.2. The van der Waals surface area contributed by atoms with Gasteiger partial charge in [-0.1, -0.05) is 6.07 Å². The molecule has 6 heteroatoms. The maximum atomic E-state index is 12.8. The summed E-state index contributed by atoms with van der Waals surface area (Å²) in [5.41, 5.74) is -1.44. The van der Waals surface area contributed by atoms with Gasteiger partial charge in [0, 0.05) is 0 Å². The van der Waals surface area contributed by atoms with E-state index >= 15 is 0 Å². The lowest BCUT2D eigenvalue weighted by Gasteiger charge is -2.17. The molecule has 0 spiro atoms. The highest BCUT2D eigenvalue weighted by Crippen LogP contribution is 2.38. The third-order valence-corrected chi connectivity index (χ3v) is 2.72. The molecule has 0 heterocycles. The molecule has 1 aromatic rings. The van der Waals surface area contributed by atoms with Crippen molar-refractivity contribution >= 4 is 5.69 Å². The van der Waals surface area contributed by atoms with Crippen LogP contribution in [0.2, 0.25) is 0 Å². The molecule has 0 aliphatic carbocycles. The van der Waals surface area contributed by atoms with Crippen molar-refractivity contribution in [1.82, 2.24) is 0 Å². The van der Waals surface area contributed by atoms with Crippen LogP contribution in [0.1, 0.15) is 32.3 Å². The average Bonchev–Trinajstić information content (AvgIpc) is 2.35. The first-order valence-electron chi connectivity index (χ1n) is 6.17. The Morgan fingerprint density at radius 3 is 2.45 bits per heavy atom. The molecular formula is C14H16F3NO2. The van der Waals surface area contributed by atoms with Crippen LogP contribution in [-0.2, 0) is 6.18 Å². The number of aliphatic hydroxyl groups excluding tert-OH is 1. The maximum Gasteiger partial charge on any atom is 0.407 e. The zero-order valence-electron chi connectivity index (χ0n) is 11.2. The van der Waals surface area contributed by atoms with Crippen LogP contribution in [-0.4, -0.2) is 17.3 Å². The fourth-order valence-electron chi connectivity index (χ4n) is 1.68. The lowest BCUT2D eigenvalue weighted by Crippen LogP contribution is -2.15. The fourth-order valence-corrected chi connectivity index (χ4v) is 1.68. The first-order chi connectivity index (χ1) is 9.24. The minimum absolute atomic E-state index is 0.0721. The summed E-state index contributed by atoms with van der Waals surface area (Å²) in [5.74, 6) is 0.0721. The van der Waals surface area contributed by atoms with Gasteiger partial charge in [-0.05, 0) is 38.8 Å². The van der Waals surface area contributed by atoms with Gasteiger partial charge in [-0.2, -0.15) is 13.2 Å². The molecule has 2 unspecified atom stereocenters. The van der Waals surface area contributed by atoms with Crippen molar-refractivity contribution in [2.75, 3.05) is 0 Å². The molecule has 0 aromatic heterocycles. The second-order valence-corrected chi connectivity index (χ2v) is 4.64. The summed E-state index contributed by atoms with van der Waals surface area (Å²) in [6.07, 6.45) is -4.33. The molecule has 0 bridgehead atoms. The van der Waals surface area contributed by atoms with Crippen LogP contribution >= 0.6 is 0 Å². The van der Waals surface area contributed by atoms with Gasteiger partial charge in [0.05, 0.1) is 24.3 Å². The largest absolute Gasteiger partial charge is 0.491 e. The summed E-state index contributed by atoms with van der Waals surface area (Å²) in [4.78, 5) is 2.86. The van der Waals surface area contributed by atoms with Gasteiger partial charge in [-0.15, -0.1) is 0 Å². The number of benzene rings is 1. The van der Waals surface area contributed by atoms with Crippen LogP contribution in [0.25, 0.3) is 4.85 Å². The molecule has 2 atom stereocenters. The van der Waals surface area contributed by atoms with E-state index in [-0.39, 0.29) is 11.9 Å². The van der Waals surface area contributed by atoms with Crippen molar-refractivity contribution in [3.8, 4) is 5.75 Å². The van der Waals surface area contributed by atoms with E-state index in [1.165, 1.54) is 6.07 Å². The molecule has 1 N–H and O–H groups in total. The van der Waals surface area contributed by atoms with Gasteiger partial charge in [0.2, 0.25) is 0 Å². The van der Waals surface area contributed by atoms with Crippen molar-refractivity contribution < 1.29 is 23.0 Å². The number of aliphatic hydroxyl groups is 1. The van der Waals surface area contributed by atoms with Gasteiger partial charge >= 0.3 is 6.18 Å².